The molecule has 1 aromatic heterocycles. The molecular weight excluding hydrogens is 374 g/mol. The molecule has 2 saturated heterocycles. The predicted molar refractivity (Wildman–Crippen MR) is 119 cm³/mol. The van der Waals surface area contributed by atoms with E-state index in [-0.39, 0.29) is 11.8 Å². The molecule has 2 aliphatic heterocycles. The van der Waals surface area contributed by atoms with Crippen LogP contribution in [0.4, 0.5) is 0 Å². The predicted octanol–water partition coefficient (Wildman–Crippen LogP) is 3.81. The molecule has 0 unspecified atom stereocenters. The second-order valence-corrected chi connectivity index (χ2v) is 8.93. The fourth-order valence-corrected chi connectivity index (χ4v) is 4.95. The maximum Gasteiger partial charge on any atom is 0.227 e. The van der Waals surface area contributed by atoms with E-state index in [1.54, 1.807) is 0 Å². The highest BCUT2D eigenvalue weighted by Gasteiger charge is 2.31. The molecule has 3 heterocycles. The number of amides is 2. The summed E-state index contributed by atoms with van der Waals surface area (Å²) < 4.78 is 2.23. The Labute approximate surface area is 179 Å². The minimum Gasteiger partial charge on any atom is -0.342 e. The fraction of sp³-hybridized carbons (Fsp3) is 0.520. The molecule has 0 aliphatic carbocycles. The Kier molecular flexibility index (Phi) is 5.98. The highest BCUT2D eigenvalue weighted by Crippen LogP contribution is 2.25. The van der Waals surface area contributed by atoms with Crippen molar-refractivity contribution in [3.63, 3.8) is 0 Å². The number of rotatable bonds is 4. The fourth-order valence-electron chi connectivity index (χ4n) is 4.95. The molecule has 2 aromatic rings. The maximum atomic E-state index is 13.0. The van der Waals surface area contributed by atoms with Crippen molar-refractivity contribution in [1.82, 2.24) is 14.4 Å². The van der Waals surface area contributed by atoms with Gasteiger partial charge in [-0.1, -0.05) is 17.7 Å². The molecular formula is C25H33N3O2. The van der Waals surface area contributed by atoms with Gasteiger partial charge in [0.15, 0.2) is 0 Å². The van der Waals surface area contributed by atoms with Crippen LogP contribution in [-0.2, 0) is 16.0 Å². The number of hydrogen-bond donors (Lipinski definition) is 0. The molecule has 2 fully saturated rings. The molecule has 0 saturated carbocycles. The van der Waals surface area contributed by atoms with Gasteiger partial charge in [-0.2, -0.15) is 0 Å². The van der Waals surface area contributed by atoms with Crippen molar-refractivity contribution in [3.05, 3.63) is 52.8 Å². The van der Waals surface area contributed by atoms with E-state index in [2.05, 4.69) is 55.7 Å². The van der Waals surface area contributed by atoms with Crippen LogP contribution in [0.5, 0.6) is 0 Å². The van der Waals surface area contributed by atoms with E-state index in [4.69, 9.17) is 0 Å². The van der Waals surface area contributed by atoms with Crippen LogP contribution in [0.1, 0.15) is 48.2 Å². The standard InChI is InChI=1S/C25H33N3O2/c1-18-6-8-23(9-7-18)28-19(2)16-22(20(28)3)17-24(29)26-14-10-21(11-15-26)25(30)27-12-4-5-13-27/h6-9,16,21H,4-5,10-15,17H2,1-3H3. The number of carbonyl (C=O) groups is 2. The summed E-state index contributed by atoms with van der Waals surface area (Å²) in [6.07, 6.45) is 4.28. The Bertz CT molecular complexity index is 915. The number of aryl methyl sites for hydroxylation is 2. The zero-order chi connectivity index (χ0) is 21.3. The van der Waals surface area contributed by atoms with Crippen molar-refractivity contribution in [3.8, 4) is 5.69 Å². The van der Waals surface area contributed by atoms with Gasteiger partial charge in [0.05, 0.1) is 6.42 Å². The molecule has 0 bridgehead atoms. The third kappa shape index (κ3) is 4.16. The lowest BCUT2D eigenvalue weighted by molar-refractivity contribution is -0.139. The van der Waals surface area contributed by atoms with Gasteiger partial charge in [-0.05, 0) is 70.2 Å². The summed E-state index contributed by atoms with van der Waals surface area (Å²) >= 11 is 0. The van der Waals surface area contributed by atoms with Crippen molar-refractivity contribution in [2.45, 2.75) is 52.9 Å². The molecule has 1 aromatic carbocycles. The average molecular weight is 408 g/mol. The second kappa shape index (κ2) is 8.66. The minimum absolute atomic E-state index is 0.0961. The summed E-state index contributed by atoms with van der Waals surface area (Å²) in [4.78, 5) is 29.6. The van der Waals surface area contributed by atoms with Crippen LogP contribution in [-0.4, -0.2) is 52.4 Å². The van der Waals surface area contributed by atoms with Crippen LogP contribution in [0.3, 0.4) is 0 Å². The molecule has 5 nitrogen and oxygen atoms in total. The minimum atomic E-state index is 0.0961. The molecule has 0 spiro atoms. The maximum absolute atomic E-state index is 13.0. The van der Waals surface area contributed by atoms with Crippen LogP contribution in [0.2, 0.25) is 0 Å². The van der Waals surface area contributed by atoms with Gasteiger partial charge in [-0.15, -0.1) is 0 Å². The van der Waals surface area contributed by atoms with Gasteiger partial charge in [0, 0.05) is 49.2 Å². The van der Waals surface area contributed by atoms with Gasteiger partial charge in [-0.25, -0.2) is 0 Å². The zero-order valence-corrected chi connectivity index (χ0v) is 18.5. The third-order valence-corrected chi connectivity index (χ3v) is 6.78. The van der Waals surface area contributed by atoms with Gasteiger partial charge >= 0.3 is 0 Å². The topological polar surface area (TPSA) is 45.6 Å². The number of piperidine rings is 1. The van der Waals surface area contributed by atoms with Crippen molar-refractivity contribution < 1.29 is 9.59 Å². The summed E-state index contributed by atoms with van der Waals surface area (Å²) in [7, 11) is 0. The van der Waals surface area contributed by atoms with E-state index in [9.17, 15) is 9.59 Å². The quantitative estimate of drug-likeness (QED) is 0.774. The van der Waals surface area contributed by atoms with E-state index >= 15 is 0 Å². The van der Waals surface area contributed by atoms with Gasteiger partial charge in [0.1, 0.15) is 0 Å². The first-order valence-corrected chi connectivity index (χ1v) is 11.3. The first-order chi connectivity index (χ1) is 14.4. The van der Waals surface area contributed by atoms with Gasteiger partial charge in [0.25, 0.3) is 0 Å². The number of likely N-dealkylation sites (tertiary alicyclic amines) is 2. The normalized spacial score (nSPS) is 17.6. The number of aromatic nitrogens is 1. The second-order valence-electron chi connectivity index (χ2n) is 8.93. The monoisotopic (exact) mass is 407 g/mol. The largest absolute Gasteiger partial charge is 0.342 e. The third-order valence-electron chi connectivity index (χ3n) is 6.78. The first-order valence-electron chi connectivity index (χ1n) is 11.3. The Morgan fingerprint density at radius 2 is 1.53 bits per heavy atom. The van der Waals surface area contributed by atoms with Gasteiger partial charge < -0.3 is 14.4 Å². The molecule has 0 atom stereocenters. The molecule has 2 aliphatic rings. The molecule has 0 N–H and O–H groups in total. The van der Waals surface area contributed by atoms with Gasteiger partial charge in [0.2, 0.25) is 11.8 Å². The number of nitrogens with zero attached hydrogens (tertiary/aromatic N) is 3. The van der Waals surface area contributed by atoms with Crippen LogP contribution < -0.4 is 0 Å². The number of hydrogen-bond acceptors (Lipinski definition) is 2. The Hall–Kier alpha value is -2.56. The van der Waals surface area contributed by atoms with Crippen molar-refractivity contribution >= 4 is 11.8 Å². The van der Waals surface area contributed by atoms with Crippen LogP contribution in [0.25, 0.3) is 5.69 Å². The highest BCUT2D eigenvalue weighted by molar-refractivity contribution is 5.81. The molecule has 0 radical (unpaired) electrons. The first kappa shape index (κ1) is 20.7. The summed E-state index contributed by atoms with van der Waals surface area (Å²) in [6, 6.07) is 10.6. The van der Waals surface area contributed by atoms with Crippen LogP contribution >= 0.6 is 0 Å². The van der Waals surface area contributed by atoms with E-state index in [0.717, 1.165) is 61.4 Å². The van der Waals surface area contributed by atoms with E-state index in [0.29, 0.717) is 25.4 Å². The highest BCUT2D eigenvalue weighted by atomic mass is 16.2. The van der Waals surface area contributed by atoms with E-state index < -0.39 is 0 Å². The van der Waals surface area contributed by atoms with Crippen molar-refractivity contribution in [2.24, 2.45) is 5.92 Å². The lowest BCUT2D eigenvalue weighted by atomic mass is 9.95. The molecule has 4 rings (SSSR count). The number of carbonyl (C=O) groups excluding carboxylic acids is 2. The lowest BCUT2D eigenvalue weighted by Crippen LogP contribution is -2.44. The molecule has 30 heavy (non-hydrogen) atoms. The number of benzene rings is 1. The molecule has 5 heteroatoms. The summed E-state index contributed by atoms with van der Waals surface area (Å²) in [5.74, 6) is 0.575. The Balaban J connectivity index is 1.38. The zero-order valence-electron chi connectivity index (χ0n) is 18.5. The summed E-state index contributed by atoms with van der Waals surface area (Å²) in [5.41, 5.74) is 5.74. The SMILES string of the molecule is Cc1ccc(-n2c(C)cc(CC(=O)N3CCC(C(=O)N4CCCC4)CC3)c2C)cc1. The van der Waals surface area contributed by atoms with Gasteiger partial charge in [-0.3, -0.25) is 9.59 Å². The van der Waals surface area contributed by atoms with E-state index in [1.807, 2.05) is 9.80 Å². The summed E-state index contributed by atoms with van der Waals surface area (Å²) in [5, 5.41) is 0. The van der Waals surface area contributed by atoms with Crippen LogP contribution in [0, 0.1) is 26.7 Å². The Morgan fingerprint density at radius 1 is 0.900 bits per heavy atom. The average Bonchev–Trinajstić information content (AvgIpc) is 3.37. The van der Waals surface area contributed by atoms with E-state index in [1.165, 1.54) is 5.56 Å². The van der Waals surface area contributed by atoms with Crippen LogP contribution in [0.15, 0.2) is 30.3 Å². The summed E-state index contributed by atoms with van der Waals surface area (Å²) in [6.45, 7) is 9.49. The molecule has 2 amide bonds. The van der Waals surface area contributed by atoms with Crippen molar-refractivity contribution in [2.75, 3.05) is 26.2 Å². The van der Waals surface area contributed by atoms with Crippen molar-refractivity contribution in [1.29, 1.82) is 0 Å². The lowest BCUT2D eigenvalue weighted by Gasteiger charge is -2.33. The smallest absolute Gasteiger partial charge is 0.227 e. The Morgan fingerprint density at radius 3 is 2.17 bits per heavy atom. The molecule has 160 valence electrons.